The molecule has 0 aromatic carbocycles. The molecule has 2 aliphatic rings. The molecule has 0 spiro atoms. The molecule has 2 aliphatic heterocycles. The second-order valence-electron chi connectivity index (χ2n) is 6.40. The van der Waals surface area contributed by atoms with Crippen molar-refractivity contribution in [3.63, 3.8) is 0 Å². The van der Waals surface area contributed by atoms with Crippen LogP contribution >= 0.6 is 6.89 Å². The molecule has 0 aliphatic carbocycles. The van der Waals surface area contributed by atoms with Crippen molar-refractivity contribution in [3.8, 4) is 0 Å². The maximum Gasteiger partial charge on any atom is 0.164 e. The number of nitrogens with zero attached hydrogens (tertiary/aromatic N) is 2. The number of nitrogens with one attached hydrogen (secondary N) is 1. The minimum Gasteiger partial charge on any atom is -0.388 e. The van der Waals surface area contributed by atoms with Crippen LogP contribution in [0.2, 0.25) is 0 Å². The summed E-state index contributed by atoms with van der Waals surface area (Å²) in [5, 5.41) is 23.5. The van der Waals surface area contributed by atoms with Crippen molar-refractivity contribution in [3.05, 3.63) is 24.7 Å². The van der Waals surface area contributed by atoms with E-state index in [9.17, 15) is 10.2 Å². The summed E-state index contributed by atoms with van der Waals surface area (Å²) >= 11 is 0. The lowest BCUT2D eigenvalue weighted by Crippen LogP contribution is -2.46. The number of aliphatic hydroxyl groups is 2. The summed E-state index contributed by atoms with van der Waals surface area (Å²) < 4.78 is 5.88. The highest BCUT2D eigenvalue weighted by atomic mass is 31.2. The zero-order valence-electron chi connectivity index (χ0n) is 13.4. The van der Waals surface area contributed by atoms with Crippen molar-refractivity contribution in [1.29, 1.82) is 0 Å². The fraction of sp³-hybridized carbons (Fsp3) is 0.600. The van der Waals surface area contributed by atoms with E-state index < -0.39 is 25.3 Å². The molecule has 2 unspecified atom stereocenters. The molecule has 22 heavy (non-hydrogen) atoms. The fourth-order valence-electron chi connectivity index (χ4n) is 2.54. The van der Waals surface area contributed by atoms with Crippen LogP contribution in [0, 0.1) is 0 Å². The third kappa shape index (κ3) is 3.82. The molecule has 7 heteroatoms. The summed E-state index contributed by atoms with van der Waals surface area (Å²) in [6.45, 7) is 7.02. The predicted octanol–water partition coefficient (Wildman–Crippen LogP) is 0.451. The maximum absolute atomic E-state index is 10.3. The molecule has 0 radical (unpaired) electrons. The van der Waals surface area contributed by atoms with Crippen LogP contribution in [0.3, 0.4) is 0 Å². The van der Waals surface area contributed by atoms with Gasteiger partial charge in [-0.3, -0.25) is 4.99 Å². The molecular formula is C15H26N3O3P. The lowest BCUT2D eigenvalue weighted by molar-refractivity contribution is -0.0590. The Morgan fingerprint density at radius 3 is 2.64 bits per heavy atom. The lowest BCUT2D eigenvalue weighted by atomic mass is 10.1. The van der Waals surface area contributed by atoms with Crippen molar-refractivity contribution in [2.24, 2.45) is 4.99 Å². The first kappa shape index (κ1) is 17.3. The van der Waals surface area contributed by atoms with Crippen molar-refractivity contribution >= 4 is 19.0 Å². The summed E-state index contributed by atoms with van der Waals surface area (Å²) in [6.07, 6.45) is 6.37. The zero-order chi connectivity index (χ0) is 16.5. The monoisotopic (exact) mass is 327 g/mol. The van der Waals surface area contributed by atoms with Gasteiger partial charge in [0, 0.05) is 13.2 Å². The van der Waals surface area contributed by atoms with Gasteiger partial charge in [0.1, 0.15) is 23.9 Å². The van der Waals surface area contributed by atoms with E-state index in [0.29, 0.717) is 18.1 Å². The van der Waals surface area contributed by atoms with E-state index in [-0.39, 0.29) is 6.10 Å². The first-order valence-corrected chi connectivity index (χ1v) is 10.4. The SMILES string of the molecule is C=C1NC(=NC)C=CN1C1OC(CCP(=C)(C)C)[C@@H](O)[C@H]1O. The first-order valence-electron chi connectivity index (χ1n) is 7.31. The lowest BCUT2D eigenvalue weighted by Gasteiger charge is -2.33. The van der Waals surface area contributed by atoms with Gasteiger partial charge in [-0.25, -0.2) is 0 Å². The number of rotatable bonds is 4. The van der Waals surface area contributed by atoms with Gasteiger partial charge in [0.2, 0.25) is 0 Å². The van der Waals surface area contributed by atoms with Gasteiger partial charge in [-0.1, -0.05) is 6.58 Å². The molecule has 0 amide bonds. The second kappa shape index (κ2) is 6.59. The van der Waals surface area contributed by atoms with E-state index in [1.54, 1.807) is 24.2 Å². The third-order valence-electron chi connectivity index (χ3n) is 3.85. The smallest absolute Gasteiger partial charge is 0.164 e. The highest BCUT2D eigenvalue weighted by Gasteiger charge is 2.45. The average Bonchev–Trinajstić information content (AvgIpc) is 2.72. The Balaban J connectivity index is 2.07. The quantitative estimate of drug-likeness (QED) is 0.654. The van der Waals surface area contributed by atoms with Gasteiger partial charge < -0.3 is 25.2 Å². The standard InChI is InChI=1S/C15H26N3O3P/c1-10-17-12(16-2)6-8-18(10)15-14(20)13(19)11(21-15)7-9-22(3,4)5/h6,8,11,13-15,19-20H,1,3,7,9H2,2,4-5H3,(H,16,17)/t11?,13-,14-,15?/m1/s1. The molecule has 6 nitrogen and oxygen atoms in total. The molecule has 2 rings (SSSR count). The van der Waals surface area contributed by atoms with Gasteiger partial charge in [0.15, 0.2) is 6.23 Å². The molecule has 1 saturated heterocycles. The van der Waals surface area contributed by atoms with Crippen molar-refractivity contribution in [1.82, 2.24) is 10.2 Å². The molecule has 0 aromatic rings. The molecule has 1 fully saturated rings. The Labute approximate surface area is 132 Å². The number of hydrogen-bond acceptors (Lipinski definition) is 5. The van der Waals surface area contributed by atoms with E-state index in [0.717, 1.165) is 6.16 Å². The second-order valence-corrected chi connectivity index (χ2v) is 10.7. The highest BCUT2D eigenvalue weighted by molar-refractivity contribution is 7.72. The first-order chi connectivity index (χ1) is 10.2. The van der Waals surface area contributed by atoms with Gasteiger partial charge in [0.25, 0.3) is 0 Å². The minimum atomic E-state index is -1.19. The summed E-state index contributed by atoms with van der Waals surface area (Å²) in [5.41, 5.74) is 0. The number of amidine groups is 1. The van der Waals surface area contributed by atoms with Crippen LogP contribution < -0.4 is 5.32 Å². The van der Waals surface area contributed by atoms with E-state index in [2.05, 4.69) is 36.5 Å². The van der Waals surface area contributed by atoms with E-state index in [1.807, 2.05) is 0 Å². The largest absolute Gasteiger partial charge is 0.388 e. The number of ether oxygens (including phenoxy) is 1. The Bertz CT molecular complexity index is 540. The third-order valence-corrected chi connectivity index (χ3v) is 5.32. The van der Waals surface area contributed by atoms with Crippen molar-refractivity contribution in [2.45, 2.75) is 31.0 Å². The maximum atomic E-state index is 10.3. The molecule has 0 aromatic heterocycles. The summed E-state index contributed by atoms with van der Waals surface area (Å²) in [4.78, 5) is 5.73. The van der Waals surface area contributed by atoms with E-state index in [1.165, 1.54) is 0 Å². The minimum absolute atomic E-state index is 0.386. The van der Waals surface area contributed by atoms with Crippen LogP contribution in [0.4, 0.5) is 0 Å². The number of hydrogen-bond donors (Lipinski definition) is 3. The summed E-state index contributed by atoms with van der Waals surface area (Å²) in [5.74, 6) is 1.25. The van der Waals surface area contributed by atoms with Crippen LogP contribution in [0.15, 0.2) is 29.7 Å². The zero-order valence-corrected chi connectivity index (χ0v) is 14.3. The van der Waals surface area contributed by atoms with Gasteiger partial charge in [-0.2, -0.15) is 0 Å². The van der Waals surface area contributed by atoms with Crippen LogP contribution in [-0.4, -0.2) is 78.3 Å². The average molecular weight is 327 g/mol. The summed E-state index contributed by atoms with van der Waals surface area (Å²) in [7, 11) is 1.68. The summed E-state index contributed by atoms with van der Waals surface area (Å²) in [6, 6.07) is 0. The highest BCUT2D eigenvalue weighted by Crippen LogP contribution is 2.38. The van der Waals surface area contributed by atoms with Crippen molar-refractivity contribution < 1.29 is 14.9 Å². The van der Waals surface area contributed by atoms with Crippen LogP contribution in [-0.2, 0) is 4.74 Å². The Morgan fingerprint density at radius 2 is 2.09 bits per heavy atom. The van der Waals surface area contributed by atoms with Gasteiger partial charge in [-0.15, -0.1) is 13.2 Å². The molecule has 0 bridgehead atoms. The van der Waals surface area contributed by atoms with Crippen LogP contribution in [0.5, 0.6) is 0 Å². The molecule has 0 saturated carbocycles. The predicted molar refractivity (Wildman–Crippen MR) is 92.7 cm³/mol. The van der Waals surface area contributed by atoms with Gasteiger partial charge in [-0.05, 0) is 32.0 Å². The van der Waals surface area contributed by atoms with E-state index in [4.69, 9.17) is 4.74 Å². The van der Waals surface area contributed by atoms with Crippen LogP contribution in [0.1, 0.15) is 6.42 Å². The fourth-order valence-corrected chi connectivity index (χ4v) is 3.49. The van der Waals surface area contributed by atoms with Crippen LogP contribution in [0.25, 0.3) is 0 Å². The molecule has 2 heterocycles. The number of aliphatic hydroxyl groups excluding tert-OH is 2. The topological polar surface area (TPSA) is 77.3 Å². The molecule has 124 valence electrons. The molecular weight excluding hydrogens is 301 g/mol. The normalized spacial score (nSPS) is 34.3. The molecule has 4 atom stereocenters. The molecule has 3 N–H and O–H groups in total. The Kier molecular flexibility index (Phi) is 5.17. The number of aliphatic imine (C=N–C) groups is 1. The van der Waals surface area contributed by atoms with E-state index >= 15 is 0 Å². The van der Waals surface area contributed by atoms with Gasteiger partial charge in [0.05, 0.1) is 6.10 Å². The Morgan fingerprint density at radius 1 is 1.41 bits per heavy atom. The Hall–Kier alpha value is -1.07. The van der Waals surface area contributed by atoms with Gasteiger partial charge >= 0.3 is 0 Å². The van der Waals surface area contributed by atoms with Crippen molar-refractivity contribution in [2.75, 3.05) is 26.5 Å².